The third-order valence-electron chi connectivity index (χ3n) is 9.47. The Balaban J connectivity index is 2.33. The molecule has 0 aliphatic carbocycles. The number of amides is 1. The van der Waals surface area contributed by atoms with E-state index in [0.717, 1.165) is 9.98 Å². The molecule has 1 amide bonds. The SMILES string of the molecule is Cc1cn([C@@H]2O[C@H](CO[Si](C)(C)C(C)(C)C)[C@@]3(OS(=O)(=O)C=C3NCCC(N)=O)[C@H]2O[Si](C)(C)C(C)(C)C)c(=O)n(C)c1=O. The van der Waals surface area contributed by atoms with E-state index in [0.29, 0.717) is 0 Å². The van der Waals surface area contributed by atoms with Gasteiger partial charge in [0.05, 0.1) is 17.7 Å². The van der Waals surface area contributed by atoms with Gasteiger partial charge in [0.25, 0.3) is 15.7 Å². The highest BCUT2D eigenvalue weighted by Crippen LogP contribution is 2.52. The molecule has 1 saturated heterocycles. The third-order valence-corrected chi connectivity index (χ3v) is 19.5. The maximum absolute atomic E-state index is 13.6. The molecule has 44 heavy (non-hydrogen) atoms. The van der Waals surface area contributed by atoms with Crippen LogP contribution in [0.2, 0.25) is 36.3 Å². The van der Waals surface area contributed by atoms with Crippen LogP contribution < -0.4 is 22.3 Å². The van der Waals surface area contributed by atoms with E-state index in [9.17, 15) is 22.8 Å². The number of rotatable bonds is 10. The first kappa shape index (κ1) is 36.4. The van der Waals surface area contributed by atoms with Crippen molar-refractivity contribution >= 4 is 32.7 Å². The van der Waals surface area contributed by atoms with Crippen molar-refractivity contribution in [2.75, 3.05) is 13.2 Å². The maximum Gasteiger partial charge on any atom is 0.332 e. The molecule has 3 rings (SSSR count). The molecule has 2 aliphatic rings. The van der Waals surface area contributed by atoms with Gasteiger partial charge in [0, 0.05) is 31.8 Å². The Hall–Kier alpha value is -2.09. The van der Waals surface area contributed by atoms with Gasteiger partial charge in [-0.15, -0.1) is 0 Å². The summed E-state index contributed by atoms with van der Waals surface area (Å²) in [5, 5.41) is 3.51. The Morgan fingerprint density at radius 1 is 1.09 bits per heavy atom. The van der Waals surface area contributed by atoms with Gasteiger partial charge in [0.2, 0.25) is 5.91 Å². The summed E-state index contributed by atoms with van der Waals surface area (Å²) in [6.07, 6.45) is -2.14. The van der Waals surface area contributed by atoms with Crippen LogP contribution in [-0.4, -0.2) is 71.1 Å². The number of nitrogens with zero attached hydrogens (tertiary/aromatic N) is 2. The van der Waals surface area contributed by atoms with Crippen molar-refractivity contribution in [3.05, 3.63) is 43.7 Å². The van der Waals surface area contributed by atoms with E-state index in [4.69, 9.17) is 23.5 Å². The molecule has 2 aliphatic heterocycles. The summed E-state index contributed by atoms with van der Waals surface area (Å²) in [6, 6.07) is 0. The highest BCUT2D eigenvalue weighted by molar-refractivity contribution is 7.90. The molecule has 0 unspecified atom stereocenters. The summed E-state index contributed by atoms with van der Waals surface area (Å²) >= 11 is 0. The van der Waals surface area contributed by atoms with Gasteiger partial charge in [-0.3, -0.25) is 18.7 Å². The highest BCUT2D eigenvalue weighted by atomic mass is 32.2. The van der Waals surface area contributed by atoms with Crippen molar-refractivity contribution < 1.29 is 31.0 Å². The van der Waals surface area contributed by atoms with Crippen LogP contribution in [0.4, 0.5) is 0 Å². The number of aromatic nitrogens is 2. The second-order valence-electron chi connectivity index (χ2n) is 14.8. The maximum atomic E-state index is 13.6. The number of ether oxygens (including phenoxy) is 1. The Morgan fingerprint density at radius 2 is 1.66 bits per heavy atom. The first-order valence-corrected chi connectivity index (χ1v) is 22.0. The molecule has 1 spiro atoms. The van der Waals surface area contributed by atoms with Gasteiger partial charge in [-0.1, -0.05) is 41.5 Å². The lowest BCUT2D eigenvalue weighted by atomic mass is 9.89. The molecule has 1 fully saturated rings. The van der Waals surface area contributed by atoms with Crippen LogP contribution in [-0.2, 0) is 39.7 Å². The number of primary amides is 1. The second kappa shape index (κ2) is 11.9. The van der Waals surface area contributed by atoms with Crippen molar-refractivity contribution in [3.63, 3.8) is 0 Å². The standard InChI is InChI=1S/C28H50N4O9SSi2/c1-18-15-32(25(35)31(8)23(18)34)24-22(40-44(11,12)27(5,6)7)28(20(39-24)16-38-43(9,10)26(2,3)4)19(17-42(36,37)41-28)30-14-13-21(29)33/h15,17,20,22,24,30H,13-14,16H2,1-12H3,(H2,29,33)/t20-,22+,24-,28-/m1/s1. The van der Waals surface area contributed by atoms with Crippen LogP contribution in [0.25, 0.3) is 0 Å². The Bertz CT molecular complexity index is 1540. The fourth-order valence-corrected chi connectivity index (χ4v) is 8.26. The largest absolute Gasteiger partial charge is 0.414 e. The second-order valence-corrected chi connectivity index (χ2v) is 25.7. The van der Waals surface area contributed by atoms with Crippen molar-refractivity contribution in [3.8, 4) is 0 Å². The molecule has 0 radical (unpaired) electrons. The van der Waals surface area contributed by atoms with Crippen LogP contribution in [0.5, 0.6) is 0 Å². The van der Waals surface area contributed by atoms with Gasteiger partial charge in [-0.2, -0.15) is 8.42 Å². The lowest BCUT2D eigenvalue weighted by Crippen LogP contribution is -2.60. The summed E-state index contributed by atoms with van der Waals surface area (Å²) in [5.41, 5.74) is 2.83. The van der Waals surface area contributed by atoms with E-state index in [1.807, 2.05) is 33.9 Å². The smallest absolute Gasteiger partial charge is 0.332 e. The molecule has 0 aromatic carbocycles. The van der Waals surface area contributed by atoms with E-state index >= 15 is 0 Å². The normalized spacial score (nSPS) is 25.8. The van der Waals surface area contributed by atoms with E-state index in [-0.39, 0.29) is 40.9 Å². The summed E-state index contributed by atoms with van der Waals surface area (Å²) in [5.74, 6) is -0.575. The minimum atomic E-state index is -4.29. The molecule has 16 heteroatoms. The first-order valence-electron chi connectivity index (χ1n) is 14.7. The monoisotopic (exact) mass is 674 g/mol. The average Bonchev–Trinajstić information content (AvgIpc) is 3.29. The van der Waals surface area contributed by atoms with Gasteiger partial charge < -0.3 is 24.6 Å². The molecule has 1 aromatic heterocycles. The Kier molecular flexibility index (Phi) is 9.87. The highest BCUT2D eigenvalue weighted by Gasteiger charge is 2.68. The average molecular weight is 675 g/mol. The number of aryl methyl sites for hydroxylation is 1. The van der Waals surface area contributed by atoms with Gasteiger partial charge in [0.15, 0.2) is 28.5 Å². The van der Waals surface area contributed by atoms with E-state index in [1.165, 1.54) is 17.8 Å². The zero-order valence-electron chi connectivity index (χ0n) is 28.1. The fourth-order valence-electron chi connectivity index (χ4n) is 4.70. The third kappa shape index (κ3) is 6.85. The van der Waals surface area contributed by atoms with Crippen LogP contribution in [0.15, 0.2) is 26.9 Å². The minimum absolute atomic E-state index is 0.0218. The van der Waals surface area contributed by atoms with Crippen LogP contribution >= 0.6 is 0 Å². The van der Waals surface area contributed by atoms with Gasteiger partial charge in [0.1, 0.15) is 12.2 Å². The predicted molar refractivity (Wildman–Crippen MR) is 172 cm³/mol. The molecular formula is C28H50N4O9SSi2. The molecule has 0 saturated carbocycles. The first-order chi connectivity index (χ1) is 19.8. The summed E-state index contributed by atoms with van der Waals surface area (Å²) in [4.78, 5) is 37.8. The molecular weight excluding hydrogens is 625 g/mol. The molecule has 3 N–H and O–H groups in total. The molecule has 0 bridgehead atoms. The lowest BCUT2D eigenvalue weighted by molar-refractivity contribution is -0.117. The minimum Gasteiger partial charge on any atom is -0.414 e. The van der Waals surface area contributed by atoms with Gasteiger partial charge >= 0.3 is 5.69 Å². The van der Waals surface area contributed by atoms with Crippen molar-refractivity contribution in [2.24, 2.45) is 12.8 Å². The topological polar surface area (TPSA) is 170 Å². The zero-order chi connectivity index (χ0) is 33.8. The zero-order valence-corrected chi connectivity index (χ0v) is 30.9. The van der Waals surface area contributed by atoms with Crippen molar-refractivity contribution in [2.45, 2.75) is 115 Å². The van der Waals surface area contributed by atoms with Crippen LogP contribution in [0, 0.1) is 6.92 Å². The number of hydrogen-bond acceptors (Lipinski definition) is 10. The quantitative estimate of drug-likeness (QED) is 0.278. The number of carbonyl (C=O) groups is 1. The Labute approximate surface area is 262 Å². The predicted octanol–water partition coefficient (Wildman–Crippen LogP) is 2.57. The summed E-state index contributed by atoms with van der Waals surface area (Å²) in [7, 11) is -8.06. The molecule has 3 heterocycles. The number of hydrogen-bond donors (Lipinski definition) is 2. The lowest BCUT2D eigenvalue weighted by Gasteiger charge is -2.44. The molecule has 250 valence electrons. The Morgan fingerprint density at radius 3 is 2.18 bits per heavy atom. The molecule has 1 aromatic rings. The van der Waals surface area contributed by atoms with Crippen LogP contribution in [0.1, 0.15) is 59.8 Å². The van der Waals surface area contributed by atoms with E-state index in [1.54, 1.807) is 6.92 Å². The summed E-state index contributed by atoms with van der Waals surface area (Å²) < 4.78 is 55.0. The van der Waals surface area contributed by atoms with Crippen molar-refractivity contribution in [1.82, 2.24) is 14.5 Å². The van der Waals surface area contributed by atoms with Crippen molar-refractivity contribution in [1.29, 1.82) is 0 Å². The van der Waals surface area contributed by atoms with Gasteiger partial charge in [-0.05, 0) is 43.2 Å². The number of nitrogens with two attached hydrogens (primary N) is 1. The fraction of sp³-hybridized carbons (Fsp3) is 0.750. The van der Waals surface area contributed by atoms with Gasteiger partial charge in [-0.25, -0.2) is 8.98 Å². The molecule has 4 atom stereocenters. The van der Waals surface area contributed by atoms with Crippen LogP contribution in [0.3, 0.4) is 0 Å². The molecule has 13 nitrogen and oxygen atoms in total. The number of carbonyl (C=O) groups excluding carboxylic acids is 1. The summed E-state index contributed by atoms with van der Waals surface area (Å²) in [6.45, 7) is 22.0. The number of nitrogens with one attached hydrogen (secondary N) is 1. The van der Waals surface area contributed by atoms with E-state index in [2.05, 4.69) is 39.2 Å². The van der Waals surface area contributed by atoms with E-state index < -0.39 is 67.9 Å².